The third kappa shape index (κ3) is 3.32. The van der Waals surface area contributed by atoms with Gasteiger partial charge in [-0.1, -0.05) is 36.4 Å². The Morgan fingerprint density at radius 2 is 1.55 bits per heavy atom. The third-order valence-corrected chi connectivity index (χ3v) is 5.93. The highest BCUT2D eigenvalue weighted by Crippen LogP contribution is 2.49. The lowest BCUT2D eigenvalue weighted by molar-refractivity contribution is -0.126. The van der Waals surface area contributed by atoms with Gasteiger partial charge in [-0.25, -0.2) is 14.8 Å². The van der Waals surface area contributed by atoms with Gasteiger partial charge < -0.3 is 9.84 Å². The number of benzene rings is 3. The van der Waals surface area contributed by atoms with Gasteiger partial charge in [-0.05, 0) is 42.5 Å². The maximum atomic E-state index is 13.6. The van der Waals surface area contributed by atoms with E-state index in [1.165, 1.54) is 42.5 Å². The molecule has 5 rings (SSSR count). The average molecular weight is 444 g/mol. The van der Waals surface area contributed by atoms with E-state index >= 15 is 0 Å². The molecule has 3 atom stereocenters. The zero-order valence-corrected chi connectivity index (χ0v) is 17.6. The zero-order chi connectivity index (χ0) is 23.1. The molecule has 0 bridgehead atoms. The number of nitrogens with zero attached hydrogens (tertiary/aromatic N) is 2. The largest absolute Gasteiger partial charge is 0.508 e. The summed E-state index contributed by atoms with van der Waals surface area (Å²) < 4.78 is 4.70. The van der Waals surface area contributed by atoms with Crippen molar-refractivity contribution in [2.45, 2.75) is 12.1 Å². The number of fused-ring (bicyclic) bond motifs is 1. The Morgan fingerprint density at radius 1 is 0.879 bits per heavy atom. The highest BCUT2D eigenvalue weighted by atomic mass is 16.7. The van der Waals surface area contributed by atoms with Crippen LogP contribution in [0.2, 0.25) is 0 Å². The molecule has 166 valence electrons. The maximum Gasteiger partial charge on any atom is 0.337 e. The van der Waals surface area contributed by atoms with Crippen LogP contribution in [-0.4, -0.2) is 36.1 Å². The predicted molar refractivity (Wildman–Crippen MR) is 118 cm³/mol. The topological polar surface area (TPSA) is 96.4 Å². The summed E-state index contributed by atoms with van der Waals surface area (Å²) in [5.41, 5.74) is 1.78. The average Bonchev–Trinajstić information content (AvgIpc) is 3.35. The Kier molecular flexibility index (Phi) is 5.07. The molecular weight excluding hydrogens is 424 g/mol. The van der Waals surface area contributed by atoms with Gasteiger partial charge in [0.05, 0.1) is 30.1 Å². The number of methoxy groups -OCH3 is 1. The molecule has 3 aromatic carbocycles. The number of phenolic OH excluding ortho intramolecular Hbond substituents is 1. The van der Waals surface area contributed by atoms with Crippen LogP contribution in [0.3, 0.4) is 0 Å². The number of amides is 2. The summed E-state index contributed by atoms with van der Waals surface area (Å²) >= 11 is 0. The predicted octanol–water partition coefficient (Wildman–Crippen LogP) is 3.23. The van der Waals surface area contributed by atoms with E-state index in [0.717, 1.165) is 4.90 Å². The summed E-state index contributed by atoms with van der Waals surface area (Å²) in [6, 6.07) is 21.1. The number of anilines is 2. The molecule has 2 aliphatic rings. The summed E-state index contributed by atoms with van der Waals surface area (Å²) in [6.45, 7) is 0. The Balaban J connectivity index is 1.54. The molecule has 0 saturated carbocycles. The van der Waals surface area contributed by atoms with Crippen LogP contribution in [0.25, 0.3) is 0 Å². The van der Waals surface area contributed by atoms with Crippen molar-refractivity contribution in [3.63, 3.8) is 0 Å². The number of phenols is 1. The molecule has 2 heterocycles. The van der Waals surface area contributed by atoms with Crippen molar-refractivity contribution in [2.75, 3.05) is 17.1 Å². The van der Waals surface area contributed by atoms with Crippen molar-refractivity contribution in [3.8, 4) is 5.75 Å². The van der Waals surface area contributed by atoms with Crippen LogP contribution < -0.4 is 9.96 Å². The first kappa shape index (κ1) is 20.7. The van der Waals surface area contributed by atoms with Crippen LogP contribution in [0.5, 0.6) is 5.75 Å². The molecule has 0 aliphatic carbocycles. The van der Waals surface area contributed by atoms with Gasteiger partial charge in [-0.2, -0.15) is 0 Å². The van der Waals surface area contributed by atoms with Crippen molar-refractivity contribution in [1.82, 2.24) is 0 Å². The number of para-hydroxylation sites is 2. The lowest BCUT2D eigenvalue weighted by Gasteiger charge is -2.29. The first-order valence-corrected chi connectivity index (χ1v) is 10.4. The second-order valence-corrected chi connectivity index (χ2v) is 7.77. The fraction of sp³-hybridized carbons (Fsp3) is 0.160. The van der Waals surface area contributed by atoms with Gasteiger partial charge in [0.1, 0.15) is 11.7 Å². The van der Waals surface area contributed by atoms with Gasteiger partial charge in [0, 0.05) is 5.56 Å². The number of hydrogen-bond acceptors (Lipinski definition) is 7. The van der Waals surface area contributed by atoms with Crippen molar-refractivity contribution >= 4 is 29.2 Å². The number of carbonyl (C=O) groups is 3. The van der Waals surface area contributed by atoms with Crippen LogP contribution in [0.1, 0.15) is 22.0 Å². The smallest absolute Gasteiger partial charge is 0.337 e. The number of ether oxygens (including phenoxy) is 1. The van der Waals surface area contributed by atoms with E-state index < -0.39 is 35.8 Å². The molecule has 0 unspecified atom stereocenters. The van der Waals surface area contributed by atoms with Crippen LogP contribution >= 0.6 is 0 Å². The molecule has 2 saturated heterocycles. The number of aromatic hydroxyl groups is 1. The summed E-state index contributed by atoms with van der Waals surface area (Å²) in [6.07, 6.45) is -1.05. The van der Waals surface area contributed by atoms with Gasteiger partial charge in [0.25, 0.3) is 5.91 Å². The van der Waals surface area contributed by atoms with E-state index in [2.05, 4.69) is 0 Å². The van der Waals surface area contributed by atoms with Crippen LogP contribution in [0.4, 0.5) is 11.4 Å². The van der Waals surface area contributed by atoms with E-state index in [-0.39, 0.29) is 5.75 Å². The van der Waals surface area contributed by atoms with Crippen molar-refractivity contribution in [2.24, 2.45) is 5.92 Å². The highest BCUT2D eigenvalue weighted by molar-refractivity contribution is 6.24. The quantitative estimate of drug-likeness (QED) is 0.488. The monoisotopic (exact) mass is 444 g/mol. The fourth-order valence-corrected chi connectivity index (χ4v) is 4.39. The normalized spacial score (nSPS) is 21.9. The van der Waals surface area contributed by atoms with E-state index in [9.17, 15) is 19.5 Å². The number of imide groups is 1. The maximum absolute atomic E-state index is 13.6. The number of hydrogen-bond donors (Lipinski definition) is 1. The minimum absolute atomic E-state index is 0.00816. The summed E-state index contributed by atoms with van der Waals surface area (Å²) in [4.78, 5) is 45.7. The molecular formula is C25H20N2O6. The Hall–Kier alpha value is -4.17. The fourth-order valence-electron chi connectivity index (χ4n) is 4.39. The molecule has 0 radical (unpaired) electrons. The van der Waals surface area contributed by atoms with Gasteiger partial charge in [0.2, 0.25) is 5.91 Å². The molecule has 8 nitrogen and oxygen atoms in total. The van der Waals surface area contributed by atoms with Gasteiger partial charge in [-0.15, -0.1) is 0 Å². The van der Waals surface area contributed by atoms with Gasteiger partial charge in [-0.3, -0.25) is 14.4 Å². The Labute approximate surface area is 189 Å². The molecule has 3 aromatic rings. The van der Waals surface area contributed by atoms with E-state index in [1.54, 1.807) is 18.2 Å². The standard InChI is InChI=1S/C25H20N2O6/c1-32-25(31)15-11-13-16(14-12-15)26-23(29)20-21(18-9-5-6-10-19(18)28)27(33-22(20)24(26)30)17-7-3-2-4-8-17/h2-14,20-22,28H,1H3/t20-,21+,22-/m1/s1. The molecule has 0 aromatic heterocycles. The number of carbonyl (C=O) groups excluding carboxylic acids is 3. The SMILES string of the molecule is COC(=O)c1ccc(N2C(=O)[C@H]3[C@@H](ON(c4ccccc4)[C@H]3c3ccccc3O)C2=O)cc1. The van der Waals surface area contributed by atoms with Crippen molar-refractivity contribution < 1.29 is 29.1 Å². The molecule has 0 spiro atoms. The first-order chi connectivity index (χ1) is 16.0. The van der Waals surface area contributed by atoms with E-state index in [4.69, 9.17) is 9.57 Å². The van der Waals surface area contributed by atoms with Gasteiger partial charge in [0.15, 0.2) is 6.10 Å². The first-order valence-electron chi connectivity index (χ1n) is 10.4. The second-order valence-electron chi connectivity index (χ2n) is 7.77. The third-order valence-electron chi connectivity index (χ3n) is 5.93. The van der Waals surface area contributed by atoms with Crippen molar-refractivity contribution in [3.05, 3.63) is 90.0 Å². The van der Waals surface area contributed by atoms with E-state index in [1.807, 2.05) is 30.3 Å². The summed E-state index contributed by atoms with van der Waals surface area (Å²) in [5, 5.41) is 12.1. The molecule has 2 aliphatic heterocycles. The van der Waals surface area contributed by atoms with Crippen LogP contribution in [-0.2, 0) is 19.2 Å². The molecule has 1 N–H and O–H groups in total. The van der Waals surface area contributed by atoms with E-state index in [0.29, 0.717) is 22.5 Å². The number of rotatable bonds is 4. The molecule has 2 amide bonds. The molecule has 2 fully saturated rings. The number of hydroxylamine groups is 1. The highest BCUT2D eigenvalue weighted by Gasteiger charge is 2.60. The Bertz CT molecular complexity index is 1230. The molecule has 8 heteroatoms. The van der Waals surface area contributed by atoms with Crippen LogP contribution in [0.15, 0.2) is 78.9 Å². The summed E-state index contributed by atoms with van der Waals surface area (Å²) in [7, 11) is 1.28. The molecule has 33 heavy (non-hydrogen) atoms. The van der Waals surface area contributed by atoms with Gasteiger partial charge >= 0.3 is 5.97 Å². The minimum atomic E-state index is -1.05. The lowest BCUT2D eigenvalue weighted by Crippen LogP contribution is -2.37. The van der Waals surface area contributed by atoms with Crippen molar-refractivity contribution in [1.29, 1.82) is 0 Å². The lowest BCUT2D eigenvalue weighted by atomic mass is 9.90. The van der Waals surface area contributed by atoms with Crippen LogP contribution in [0, 0.1) is 5.92 Å². The summed E-state index contributed by atoms with van der Waals surface area (Å²) in [5.74, 6) is -2.32. The number of esters is 1. The Morgan fingerprint density at radius 3 is 2.21 bits per heavy atom. The zero-order valence-electron chi connectivity index (χ0n) is 17.6. The second kappa shape index (κ2) is 8.07. The minimum Gasteiger partial charge on any atom is -0.508 e.